The zero-order chi connectivity index (χ0) is 34.3. The Hall–Kier alpha value is -6.72. The molecule has 0 spiro atoms. The molecule has 0 amide bonds. The first kappa shape index (κ1) is 29.1. The second-order valence-corrected chi connectivity index (χ2v) is 14.0. The summed E-state index contributed by atoms with van der Waals surface area (Å²) in [5, 5.41) is 6.09. The van der Waals surface area contributed by atoms with Crippen LogP contribution in [-0.4, -0.2) is 23.7 Å². The molecule has 1 atom stereocenters. The lowest BCUT2D eigenvalue weighted by Crippen LogP contribution is -2.08. The van der Waals surface area contributed by atoms with E-state index in [1.807, 2.05) is 18.2 Å². The predicted octanol–water partition coefficient (Wildman–Crippen LogP) is 11.5. The highest BCUT2D eigenvalue weighted by Crippen LogP contribution is 2.39. The molecular formula is C47H33N5. The molecule has 10 aromatic rings. The first-order valence-electron chi connectivity index (χ1n) is 18.0. The average molecular weight is 668 g/mol. The van der Waals surface area contributed by atoms with Gasteiger partial charge in [0.15, 0.2) is 5.82 Å². The number of hydrogen-bond donors (Lipinski definition) is 0. The van der Waals surface area contributed by atoms with Gasteiger partial charge in [-0.15, -0.1) is 0 Å². The van der Waals surface area contributed by atoms with Crippen molar-refractivity contribution in [2.75, 3.05) is 0 Å². The number of fused-ring (bicyclic) bond motifs is 9. The van der Waals surface area contributed by atoms with E-state index >= 15 is 0 Å². The zero-order valence-electron chi connectivity index (χ0n) is 28.6. The molecule has 5 heteroatoms. The van der Waals surface area contributed by atoms with Crippen LogP contribution >= 0.6 is 0 Å². The minimum absolute atomic E-state index is 0.488. The van der Waals surface area contributed by atoms with E-state index in [-0.39, 0.29) is 0 Å². The number of rotatable bonds is 4. The van der Waals surface area contributed by atoms with Crippen molar-refractivity contribution in [3.05, 3.63) is 169 Å². The van der Waals surface area contributed by atoms with E-state index in [4.69, 9.17) is 9.97 Å². The third-order valence-electron chi connectivity index (χ3n) is 10.8. The summed E-state index contributed by atoms with van der Waals surface area (Å²) in [7, 11) is 0. The number of nitrogens with zero attached hydrogens (tertiary/aromatic N) is 5. The summed E-state index contributed by atoms with van der Waals surface area (Å²) in [5.74, 6) is 2.83. The second kappa shape index (κ2) is 11.1. The molecule has 6 aromatic carbocycles. The molecular weight excluding hydrogens is 635 g/mol. The normalized spacial score (nSPS) is 14.3. The van der Waals surface area contributed by atoms with Gasteiger partial charge in [0.2, 0.25) is 0 Å². The smallest absolute Gasteiger partial charge is 0.163 e. The Bertz CT molecular complexity index is 3010. The summed E-state index contributed by atoms with van der Waals surface area (Å²) >= 11 is 0. The minimum atomic E-state index is 0.488. The van der Waals surface area contributed by atoms with Crippen molar-refractivity contribution in [3.8, 4) is 28.7 Å². The van der Waals surface area contributed by atoms with Crippen LogP contribution in [0.4, 0.5) is 0 Å². The number of hydrogen-bond acceptors (Lipinski definition) is 2. The molecule has 52 heavy (non-hydrogen) atoms. The lowest BCUT2D eigenvalue weighted by atomic mass is 9.95. The predicted molar refractivity (Wildman–Crippen MR) is 215 cm³/mol. The molecule has 246 valence electrons. The third-order valence-corrected chi connectivity index (χ3v) is 10.8. The Morgan fingerprint density at radius 1 is 0.481 bits per heavy atom. The Kier molecular flexibility index (Phi) is 6.23. The Balaban J connectivity index is 1.19. The lowest BCUT2D eigenvalue weighted by molar-refractivity contribution is 0.691. The molecule has 0 fully saturated rings. The van der Waals surface area contributed by atoms with Gasteiger partial charge in [-0.2, -0.15) is 0 Å². The van der Waals surface area contributed by atoms with E-state index in [1.165, 1.54) is 49.4 Å². The van der Waals surface area contributed by atoms with E-state index in [2.05, 4.69) is 166 Å². The fourth-order valence-corrected chi connectivity index (χ4v) is 8.52. The standard InChI is InChI=1S/C47H33N5/c1-30-23-25-37-35-17-5-9-19-39(35)50(44(37)27-30)32-24-26-43-38(28-32)36-18-8-12-22-42(36)52(43)46-29-45(48-47(49-46)31-13-3-2-4-14-31)51-40-20-10-6-15-33(40)34-16-7-11-21-41(34)51/h2-26,28-30H,27H2,1H3. The molecule has 1 unspecified atom stereocenters. The number of allylic oxidation sites excluding steroid dienone is 1. The zero-order valence-corrected chi connectivity index (χ0v) is 28.6. The summed E-state index contributed by atoms with van der Waals surface area (Å²) < 4.78 is 7.08. The van der Waals surface area contributed by atoms with Gasteiger partial charge in [0.1, 0.15) is 11.6 Å². The monoisotopic (exact) mass is 667 g/mol. The van der Waals surface area contributed by atoms with E-state index in [1.54, 1.807) is 0 Å². The molecule has 0 saturated carbocycles. The van der Waals surface area contributed by atoms with Crippen LogP contribution in [0.25, 0.3) is 89.3 Å². The van der Waals surface area contributed by atoms with Crippen LogP contribution in [0.1, 0.15) is 18.2 Å². The van der Waals surface area contributed by atoms with Gasteiger partial charge in [0.25, 0.3) is 0 Å². The molecule has 11 rings (SSSR count). The molecule has 0 N–H and O–H groups in total. The summed E-state index contributed by atoms with van der Waals surface area (Å²) in [4.78, 5) is 10.6. The van der Waals surface area contributed by atoms with Crippen molar-refractivity contribution in [2.45, 2.75) is 13.3 Å². The van der Waals surface area contributed by atoms with Crippen LogP contribution in [0, 0.1) is 5.92 Å². The molecule has 4 aromatic heterocycles. The van der Waals surface area contributed by atoms with E-state index < -0.39 is 0 Å². The van der Waals surface area contributed by atoms with Crippen molar-refractivity contribution in [3.63, 3.8) is 0 Å². The fraction of sp³-hybridized carbons (Fsp3) is 0.0638. The minimum Gasteiger partial charge on any atom is -0.313 e. The average Bonchev–Trinajstić information content (AvgIpc) is 3.83. The lowest BCUT2D eigenvalue weighted by Gasteiger charge is -2.17. The van der Waals surface area contributed by atoms with Crippen LogP contribution in [0.3, 0.4) is 0 Å². The Morgan fingerprint density at radius 3 is 1.60 bits per heavy atom. The Labute approximate surface area is 300 Å². The van der Waals surface area contributed by atoms with Crippen LogP contribution in [0.2, 0.25) is 0 Å². The largest absolute Gasteiger partial charge is 0.313 e. The summed E-state index contributed by atoms with van der Waals surface area (Å²) in [6.07, 6.45) is 5.67. The highest BCUT2D eigenvalue weighted by molar-refractivity contribution is 6.11. The van der Waals surface area contributed by atoms with Crippen molar-refractivity contribution in [1.29, 1.82) is 0 Å². The maximum absolute atomic E-state index is 5.32. The quantitative estimate of drug-likeness (QED) is 0.187. The molecule has 4 heterocycles. The van der Waals surface area contributed by atoms with Gasteiger partial charge in [0, 0.05) is 55.5 Å². The molecule has 0 bridgehead atoms. The summed E-state index contributed by atoms with van der Waals surface area (Å²) in [6.45, 7) is 2.30. The SMILES string of the molecule is CC1C=Cc2c(n(-c3ccc4c(c3)c3ccccc3n4-c3cc(-n4c5ccccc5c5ccccc54)nc(-c4ccccc4)n3)c3ccccc23)C1. The van der Waals surface area contributed by atoms with Gasteiger partial charge in [-0.25, -0.2) is 9.97 Å². The van der Waals surface area contributed by atoms with E-state index in [0.717, 1.165) is 45.7 Å². The molecule has 1 aliphatic carbocycles. The molecule has 0 aliphatic heterocycles. The van der Waals surface area contributed by atoms with Gasteiger partial charge in [0.05, 0.1) is 27.6 Å². The van der Waals surface area contributed by atoms with Crippen molar-refractivity contribution in [1.82, 2.24) is 23.7 Å². The van der Waals surface area contributed by atoms with E-state index in [9.17, 15) is 0 Å². The molecule has 0 radical (unpaired) electrons. The number of para-hydroxylation sites is 4. The number of benzene rings is 6. The highest BCUT2D eigenvalue weighted by Gasteiger charge is 2.23. The maximum Gasteiger partial charge on any atom is 0.163 e. The van der Waals surface area contributed by atoms with Gasteiger partial charge in [-0.3, -0.25) is 9.13 Å². The Morgan fingerprint density at radius 2 is 0.981 bits per heavy atom. The fourth-order valence-electron chi connectivity index (χ4n) is 8.52. The van der Waals surface area contributed by atoms with Crippen molar-refractivity contribution < 1.29 is 0 Å². The molecule has 1 aliphatic rings. The highest BCUT2D eigenvalue weighted by atomic mass is 15.1. The first-order valence-corrected chi connectivity index (χ1v) is 18.0. The molecule has 5 nitrogen and oxygen atoms in total. The summed E-state index contributed by atoms with van der Waals surface area (Å²) in [6, 6.07) is 54.1. The maximum atomic E-state index is 5.32. The number of aromatic nitrogens is 5. The summed E-state index contributed by atoms with van der Waals surface area (Å²) in [5.41, 5.74) is 10.5. The van der Waals surface area contributed by atoms with Gasteiger partial charge < -0.3 is 4.57 Å². The van der Waals surface area contributed by atoms with Crippen LogP contribution in [0.15, 0.2) is 158 Å². The van der Waals surface area contributed by atoms with Crippen molar-refractivity contribution in [2.24, 2.45) is 5.92 Å². The van der Waals surface area contributed by atoms with Crippen LogP contribution < -0.4 is 0 Å². The van der Waals surface area contributed by atoms with Crippen molar-refractivity contribution >= 4 is 60.6 Å². The second-order valence-electron chi connectivity index (χ2n) is 14.0. The van der Waals surface area contributed by atoms with Crippen LogP contribution in [0.5, 0.6) is 0 Å². The van der Waals surface area contributed by atoms with Gasteiger partial charge >= 0.3 is 0 Å². The van der Waals surface area contributed by atoms with Crippen LogP contribution in [-0.2, 0) is 6.42 Å². The first-order chi connectivity index (χ1) is 25.7. The molecule has 0 saturated heterocycles. The third kappa shape index (κ3) is 4.23. The topological polar surface area (TPSA) is 40.6 Å². The van der Waals surface area contributed by atoms with Gasteiger partial charge in [-0.1, -0.05) is 122 Å². The van der Waals surface area contributed by atoms with Gasteiger partial charge in [-0.05, 0) is 54.8 Å². The van der Waals surface area contributed by atoms with E-state index in [0.29, 0.717) is 11.7 Å².